The highest BCUT2D eigenvalue weighted by Gasteiger charge is 2.11. The fourth-order valence-electron chi connectivity index (χ4n) is 1.70. The molecule has 0 amide bonds. The Morgan fingerprint density at radius 1 is 1.33 bits per heavy atom. The molecular formula is C12H14F2N4. The maximum Gasteiger partial charge on any atom is 0.159 e. The van der Waals surface area contributed by atoms with E-state index in [1.54, 1.807) is 12.4 Å². The van der Waals surface area contributed by atoms with Crippen molar-refractivity contribution in [1.82, 2.24) is 20.1 Å². The maximum absolute atomic E-state index is 13.0. The summed E-state index contributed by atoms with van der Waals surface area (Å²) in [6.07, 6.45) is 1.62. The van der Waals surface area contributed by atoms with Gasteiger partial charge in [-0.15, -0.1) is 10.2 Å². The van der Waals surface area contributed by atoms with Crippen LogP contribution < -0.4 is 5.32 Å². The highest BCUT2D eigenvalue weighted by atomic mass is 19.2. The monoisotopic (exact) mass is 252 g/mol. The molecule has 18 heavy (non-hydrogen) atoms. The Morgan fingerprint density at radius 2 is 2.11 bits per heavy atom. The third kappa shape index (κ3) is 2.70. The highest BCUT2D eigenvalue weighted by molar-refractivity contribution is 5.17. The van der Waals surface area contributed by atoms with Crippen LogP contribution in [0.4, 0.5) is 8.78 Å². The molecule has 0 spiro atoms. The summed E-state index contributed by atoms with van der Waals surface area (Å²) in [6, 6.07) is 3.84. The lowest BCUT2D eigenvalue weighted by atomic mass is 10.2. The van der Waals surface area contributed by atoms with Gasteiger partial charge >= 0.3 is 0 Å². The Balaban J connectivity index is 1.99. The molecule has 0 aliphatic heterocycles. The van der Waals surface area contributed by atoms with Gasteiger partial charge < -0.3 is 9.88 Å². The molecule has 1 N–H and O–H groups in total. The average molecular weight is 252 g/mol. The van der Waals surface area contributed by atoms with Gasteiger partial charge in [0.25, 0.3) is 0 Å². The molecule has 6 heteroatoms. The van der Waals surface area contributed by atoms with Crippen LogP contribution in [0.1, 0.15) is 24.4 Å². The zero-order valence-corrected chi connectivity index (χ0v) is 10.2. The second-order valence-electron chi connectivity index (χ2n) is 4.15. The fraction of sp³-hybridized carbons (Fsp3) is 0.333. The zero-order chi connectivity index (χ0) is 13.1. The van der Waals surface area contributed by atoms with Crippen LogP contribution in [0, 0.1) is 11.6 Å². The maximum atomic E-state index is 13.0. The zero-order valence-electron chi connectivity index (χ0n) is 10.2. The summed E-state index contributed by atoms with van der Waals surface area (Å²) in [6.45, 7) is 2.37. The summed E-state index contributed by atoms with van der Waals surface area (Å²) in [5, 5.41) is 10.9. The SMILES string of the molecule is CC(NCc1ccc(F)c(F)c1)c1nncn1C. The summed E-state index contributed by atoms with van der Waals surface area (Å²) in [5.41, 5.74) is 0.683. The molecule has 1 heterocycles. The molecule has 1 atom stereocenters. The second-order valence-corrected chi connectivity index (χ2v) is 4.15. The summed E-state index contributed by atoms with van der Waals surface area (Å²) in [5.74, 6) is -0.877. The number of aromatic nitrogens is 3. The van der Waals surface area contributed by atoms with Crippen molar-refractivity contribution in [3.63, 3.8) is 0 Å². The van der Waals surface area contributed by atoms with E-state index in [4.69, 9.17) is 0 Å². The van der Waals surface area contributed by atoms with Crippen molar-refractivity contribution < 1.29 is 8.78 Å². The first kappa shape index (κ1) is 12.6. The molecule has 0 aliphatic carbocycles. The Hall–Kier alpha value is -1.82. The molecule has 0 saturated carbocycles. The number of nitrogens with one attached hydrogen (secondary N) is 1. The molecule has 4 nitrogen and oxygen atoms in total. The fourth-order valence-corrected chi connectivity index (χ4v) is 1.70. The van der Waals surface area contributed by atoms with Crippen LogP contribution >= 0.6 is 0 Å². The van der Waals surface area contributed by atoms with E-state index in [2.05, 4.69) is 15.5 Å². The summed E-state index contributed by atoms with van der Waals surface area (Å²) >= 11 is 0. The van der Waals surface area contributed by atoms with Gasteiger partial charge in [-0.3, -0.25) is 0 Å². The largest absolute Gasteiger partial charge is 0.319 e. The van der Waals surface area contributed by atoms with Crippen molar-refractivity contribution in [1.29, 1.82) is 0 Å². The van der Waals surface area contributed by atoms with Gasteiger partial charge in [-0.25, -0.2) is 8.78 Å². The number of hydrogen-bond acceptors (Lipinski definition) is 3. The Morgan fingerprint density at radius 3 is 2.72 bits per heavy atom. The van der Waals surface area contributed by atoms with E-state index in [1.165, 1.54) is 6.07 Å². The second kappa shape index (κ2) is 5.22. The molecule has 96 valence electrons. The van der Waals surface area contributed by atoms with Gasteiger partial charge in [-0.1, -0.05) is 6.07 Å². The normalized spacial score (nSPS) is 12.7. The number of halogens is 2. The van der Waals surface area contributed by atoms with E-state index >= 15 is 0 Å². The van der Waals surface area contributed by atoms with Crippen molar-refractivity contribution in [3.05, 3.63) is 47.5 Å². The van der Waals surface area contributed by atoms with Crippen LogP contribution in [0.5, 0.6) is 0 Å². The van der Waals surface area contributed by atoms with Crippen LogP contribution in [0.15, 0.2) is 24.5 Å². The van der Waals surface area contributed by atoms with Gasteiger partial charge in [0.15, 0.2) is 11.6 Å². The van der Waals surface area contributed by atoms with E-state index in [1.807, 2.05) is 18.5 Å². The number of rotatable bonds is 4. The minimum Gasteiger partial charge on any atom is -0.319 e. The highest BCUT2D eigenvalue weighted by Crippen LogP contribution is 2.11. The van der Waals surface area contributed by atoms with E-state index < -0.39 is 11.6 Å². The molecule has 0 fully saturated rings. The molecule has 2 aromatic rings. The molecule has 1 aromatic heterocycles. The third-order valence-corrected chi connectivity index (χ3v) is 2.73. The minimum atomic E-state index is -0.833. The Labute approximate surface area is 104 Å². The molecule has 1 aromatic carbocycles. The van der Waals surface area contributed by atoms with E-state index in [9.17, 15) is 8.78 Å². The van der Waals surface area contributed by atoms with E-state index in [0.717, 1.165) is 11.9 Å². The molecule has 0 saturated heterocycles. The minimum absolute atomic E-state index is 0.0226. The number of aryl methyl sites for hydroxylation is 1. The summed E-state index contributed by atoms with van der Waals surface area (Å²) < 4.78 is 27.6. The standard InChI is InChI=1S/C12H14F2N4/c1-8(12-17-16-7-18(12)2)15-6-9-3-4-10(13)11(14)5-9/h3-5,7-8,15H,6H2,1-2H3. The van der Waals surface area contributed by atoms with Gasteiger partial charge in [0.05, 0.1) is 6.04 Å². The molecular weight excluding hydrogens is 238 g/mol. The van der Waals surface area contributed by atoms with Gasteiger partial charge in [0.1, 0.15) is 12.2 Å². The van der Waals surface area contributed by atoms with Gasteiger partial charge in [0, 0.05) is 13.6 Å². The van der Waals surface area contributed by atoms with Crippen LogP contribution in [0.25, 0.3) is 0 Å². The van der Waals surface area contributed by atoms with Crippen molar-refractivity contribution in [2.45, 2.75) is 19.5 Å². The Kier molecular flexibility index (Phi) is 3.66. The smallest absolute Gasteiger partial charge is 0.159 e. The molecule has 0 radical (unpaired) electrons. The summed E-state index contributed by atoms with van der Waals surface area (Å²) in [7, 11) is 1.85. The first-order chi connectivity index (χ1) is 8.58. The van der Waals surface area contributed by atoms with Gasteiger partial charge in [0.2, 0.25) is 0 Å². The van der Waals surface area contributed by atoms with Crippen molar-refractivity contribution in [2.24, 2.45) is 7.05 Å². The number of benzene rings is 1. The van der Waals surface area contributed by atoms with E-state index in [-0.39, 0.29) is 6.04 Å². The topological polar surface area (TPSA) is 42.7 Å². The summed E-state index contributed by atoms with van der Waals surface area (Å²) in [4.78, 5) is 0. The van der Waals surface area contributed by atoms with Gasteiger partial charge in [-0.05, 0) is 24.6 Å². The lowest BCUT2D eigenvalue weighted by molar-refractivity contribution is 0.500. The lowest BCUT2D eigenvalue weighted by Crippen LogP contribution is -2.21. The van der Waals surface area contributed by atoms with Crippen molar-refractivity contribution in [2.75, 3.05) is 0 Å². The van der Waals surface area contributed by atoms with Gasteiger partial charge in [-0.2, -0.15) is 0 Å². The quantitative estimate of drug-likeness (QED) is 0.904. The first-order valence-electron chi connectivity index (χ1n) is 5.59. The average Bonchev–Trinajstić information content (AvgIpc) is 2.77. The predicted octanol–water partition coefficient (Wildman–Crippen LogP) is 1.94. The first-order valence-corrected chi connectivity index (χ1v) is 5.59. The van der Waals surface area contributed by atoms with Crippen LogP contribution in [-0.2, 0) is 13.6 Å². The third-order valence-electron chi connectivity index (χ3n) is 2.73. The van der Waals surface area contributed by atoms with Crippen LogP contribution in [0.3, 0.4) is 0 Å². The lowest BCUT2D eigenvalue weighted by Gasteiger charge is -2.12. The Bertz CT molecular complexity index is 539. The van der Waals surface area contributed by atoms with Crippen molar-refractivity contribution >= 4 is 0 Å². The molecule has 2 rings (SSSR count). The molecule has 0 aliphatic rings. The van der Waals surface area contributed by atoms with Crippen molar-refractivity contribution in [3.8, 4) is 0 Å². The van der Waals surface area contributed by atoms with Crippen LogP contribution in [-0.4, -0.2) is 14.8 Å². The van der Waals surface area contributed by atoms with E-state index in [0.29, 0.717) is 12.1 Å². The van der Waals surface area contributed by atoms with Crippen LogP contribution in [0.2, 0.25) is 0 Å². The molecule has 1 unspecified atom stereocenters. The number of hydrogen-bond donors (Lipinski definition) is 1. The predicted molar refractivity (Wildman–Crippen MR) is 62.6 cm³/mol. The molecule has 0 bridgehead atoms. The number of nitrogens with zero attached hydrogens (tertiary/aromatic N) is 3.